The van der Waals surface area contributed by atoms with E-state index in [2.05, 4.69) is 30.3 Å². The zero-order chi connectivity index (χ0) is 96.8. The van der Waals surface area contributed by atoms with Gasteiger partial charge in [0, 0.05) is 134 Å². The molecular weight excluding hydrogens is 1850 g/mol. The number of H-pyrrole nitrogens is 2. The molecule has 5 aliphatic heterocycles. The minimum absolute atomic E-state index is 0.666. The minimum Gasteiger partial charge on any atom is -0.374 e. The number of fused-ring (bicyclic) bond motifs is 9. The van der Waals surface area contributed by atoms with Gasteiger partial charge in [0.1, 0.15) is 0 Å². The third kappa shape index (κ3) is 15.9. The Balaban J connectivity index is 0.966. The molecule has 12 bridgehead atoms. The molecule has 0 saturated heterocycles. The van der Waals surface area contributed by atoms with Crippen LogP contribution in [0.4, 0.5) is 105 Å². The average Bonchev–Trinajstić information content (AvgIpc) is 1.53. The largest absolute Gasteiger partial charge is 0.374 e. The van der Waals surface area contributed by atoms with E-state index in [1.807, 2.05) is 0 Å². The highest BCUT2D eigenvalue weighted by Crippen LogP contribution is 2.46. The van der Waals surface area contributed by atoms with Crippen LogP contribution in [0, 0.1) is 140 Å². The van der Waals surface area contributed by atoms with Gasteiger partial charge in [-0.2, -0.15) is 0 Å². The number of halogens is 24. The lowest BCUT2D eigenvalue weighted by Crippen LogP contribution is -2.34. The molecule has 0 spiro atoms. The van der Waals surface area contributed by atoms with Crippen molar-refractivity contribution in [2.24, 2.45) is 15.0 Å². The fourth-order valence-corrected chi connectivity index (χ4v) is 17.1. The fourth-order valence-electron chi connectivity index (χ4n) is 17.1. The Hall–Kier alpha value is -16.4. The Labute approximate surface area is 763 Å². The summed E-state index contributed by atoms with van der Waals surface area (Å²) in [5.41, 5.74) is -35.4. The van der Waals surface area contributed by atoms with E-state index < -0.39 is 347 Å². The molecule has 6 aromatic carbocycles. The van der Waals surface area contributed by atoms with Gasteiger partial charge < -0.3 is 15.3 Å². The summed E-state index contributed by atoms with van der Waals surface area (Å²) >= 11 is 0. The number of aromatic amines is 2. The van der Waals surface area contributed by atoms with Crippen LogP contribution in [-0.4, -0.2) is 33.1 Å². The first kappa shape index (κ1) is 90.7. The number of nitrogens with one attached hydrogen (secondary N) is 3. The van der Waals surface area contributed by atoms with Crippen LogP contribution in [0.1, 0.15) is 78.1 Å². The van der Waals surface area contributed by atoms with Crippen LogP contribution >= 0.6 is 0 Å². The van der Waals surface area contributed by atoms with E-state index in [-0.39, 0.29) is 0 Å². The van der Waals surface area contributed by atoms with Gasteiger partial charge in [-0.05, 0) is 66.8 Å². The van der Waals surface area contributed by atoms with Crippen molar-refractivity contribution < 1.29 is 133 Å². The molecule has 688 valence electrons. The van der Waals surface area contributed by atoms with Crippen LogP contribution in [0.5, 0.6) is 0 Å². The highest BCUT2D eigenvalue weighted by molar-refractivity contribution is 6.35. The highest BCUT2D eigenvalue weighted by Gasteiger charge is 2.43. The molecular formula is C102H58F24N12+6. The molecule has 138 heavy (non-hydrogen) atoms. The maximum Gasteiger partial charge on any atom is 0.179 e. The third-order valence-corrected chi connectivity index (χ3v) is 23.6. The summed E-state index contributed by atoms with van der Waals surface area (Å²) in [5, 5.41) is 0.679. The van der Waals surface area contributed by atoms with Crippen LogP contribution in [0.25, 0.3) is 33.4 Å². The minimum atomic E-state index is -2.33. The molecule has 1 unspecified atom stereocenters. The van der Waals surface area contributed by atoms with Gasteiger partial charge in [0.15, 0.2) is 253 Å². The van der Waals surface area contributed by atoms with Gasteiger partial charge in [-0.15, -0.1) is 0 Å². The van der Waals surface area contributed by atoms with E-state index in [0.29, 0.717) is 48.6 Å². The maximum absolute atomic E-state index is 18.1. The SMILES string of the molecule is Fc1c(F)c(/C2=C3\C=CC(=N3)/C(c3c(F)c(F)c(C[n+]4ccccc4)c(F)c3F)=c3\cc/c([nH]3)=C(/c3c(F)c(F)c(C[n+]4ccccc4)c(F)c3F)C3=N/C(=C(/c4c(F)c(F)c(C[n+]5ccccc5)c(F)c4F)C4C=C/C(=C(\c5c(F)c(F)c(C[n+]6ccccc6)c(F)c5F)c5ccc([nH]5)/C(c5c(F)c(F)c(C[n+]6ccccc6)c(F)c5F)=C5/C=CC2=N5)N4)C=C3)c(F)c(F)c1C[n+]1ccccc1. The van der Waals surface area contributed by atoms with Crippen molar-refractivity contribution in [1.29, 1.82) is 0 Å². The number of pyridine rings is 6. The van der Waals surface area contributed by atoms with Crippen molar-refractivity contribution in [3.8, 4) is 0 Å². The smallest absolute Gasteiger partial charge is 0.179 e. The molecule has 0 radical (unpaired) electrons. The fraction of sp³-hybridized carbons (Fsp3) is 0.0686. The number of benzene rings is 6. The van der Waals surface area contributed by atoms with Gasteiger partial charge in [0.05, 0.1) is 107 Å². The first-order chi connectivity index (χ1) is 66.5. The summed E-state index contributed by atoms with van der Waals surface area (Å²) in [5.74, 6) is -53.5. The van der Waals surface area contributed by atoms with E-state index in [4.69, 9.17) is 0 Å². The van der Waals surface area contributed by atoms with Gasteiger partial charge in [-0.1, -0.05) is 42.5 Å². The Kier molecular flexibility index (Phi) is 23.9. The summed E-state index contributed by atoms with van der Waals surface area (Å²) in [7, 11) is 0. The molecule has 13 heterocycles. The average molecular weight is 1910 g/mol. The predicted molar refractivity (Wildman–Crippen MR) is 450 cm³/mol. The summed E-state index contributed by atoms with van der Waals surface area (Å²) in [6.07, 6.45) is 20.4. The maximum atomic E-state index is 18.1. The number of allylic oxidation sites excluding steroid dienone is 8. The monoisotopic (exact) mass is 1910 g/mol. The number of rotatable bonds is 18. The van der Waals surface area contributed by atoms with Gasteiger partial charge in [0.25, 0.3) is 0 Å². The Morgan fingerprint density at radius 1 is 0.217 bits per heavy atom. The summed E-state index contributed by atoms with van der Waals surface area (Å²) in [6.45, 7) is -5.82. The zero-order valence-corrected chi connectivity index (χ0v) is 70.2. The Bertz CT molecular complexity index is 7870. The van der Waals surface area contributed by atoms with Crippen LogP contribution in [-0.2, 0) is 39.3 Å². The number of nitrogens with zero attached hydrogens (tertiary/aromatic N) is 9. The second-order valence-electron chi connectivity index (χ2n) is 31.8. The van der Waals surface area contributed by atoms with Crippen molar-refractivity contribution in [1.82, 2.24) is 15.3 Å². The van der Waals surface area contributed by atoms with Crippen LogP contribution < -0.4 is 43.4 Å². The lowest BCUT2D eigenvalue weighted by atomic mass is 9.93. The second-order valence-corrected chi connectivity index (χ2v) is 31.8. The van der Waals surface area contributed by atoms with Gasteiger partial charge in [-0.25, -0.2) is 148 Å². The van der Waals surface area contributed by atoms with E-state index in [1.54, 1.807) is 0 Å². The molecule has 0 aliphatic carbocycles. The predicted octanol–water partition coefficient (Wildman–Crippen LogP) is 17.7. The number of hydrogen-bond acceptors (Lipinski definition) is 4. The van der Waals surface area contributed by atoms with Crippen LogP contribution in [0.3, 0.4) is 0 Å². The number of aliphatic imine (C=N–C) groups is 3. The van der Waals surface area contributed by atoms with Gasteiger partial charge in [0.2, 0.25) is 0 Å². The number of aromatic nitrogens is 8. The standard InChI is InChI=1S/C102H58F24N12/c103-79-49(43-133-31-7-1-8-32-133)80(104)92(116)73(91(79)115)67-55-19-21-57(127-55)68(74-93(117)81(105)50(82(106)94(74)118)44-134-33-9-2-10-34-134)59-23-25-61(129-59)70(76-97(121)85(109)52(86(110)98(76)122)46-136-37-13-4-14-38-136)63-27-29-65(131-63)72(78-101(125)89(113)54(90(114)102(78)126)48-138-41-17-6-18-42-138)66-30-28-64(132-66)71(77-99(123)87(111)53(88(112)100(77)124)47-137-39-15-5-16-40-137)62-26-24-60(130-62)69(58-22-20-56(67)128-58)75-95(119)83(107)51(84(108)96(75)120)45-135-35-11-3-12-36-135/h1-42,55,127,129-130H,43-48H2/q+6/b67-56+,68-57+,69-60-,70-63+,71-62-,72-66+. The first-order valence-electron chi connectivity index (χ1n) is 41.6. The molecule has 14 aromatic rings. The van der Waals surface area contributed by atoms with Gasteiger partial charge >= 0.3 is 0 Å². The molecule has 19 rings (SSSR count). The first-order valence-corrected chi connectivity index (χ1v) is 41.6. The van der Waals surface area contributed by atoms with Crippen molar-refractivity contribution in [3.63, 3.8) is 0 Å². The second kappa shape index (κ2) is 36.4. The summed E-state index contributed by atoms with van der Waals surface area (Å²) < 4.78 is 433. The summed E-state index contributed by atoms with van der Waals surface area (Å²) in [6, 6.07) is 25.8. The van der Waals surface area contributed by atoms with Crippen LogP contribution in [0.2, 0.25) is 0 Å². The normalized spacial score (nSPS) is 17.6. The van der Waals surface area contributed by atoms with Crippen molar-refractivity contribution in [2.75, 3.05) is 0 Å². The Morgan fingerprint density at radius 3 is 0.746 bits per heavy atom. The molecule has 0 fully saturated rings. The molecule has 1 atom stereocenters. The van der Waals surface area contributed by atoms with E-state index in [0.717, 1.165) is 51.7 Å². The quantitative estimate of drug-likeness (QED) is 0.0445. The molecule has 3 N–H and O–H groups in total. The molecule has 36 heteroatoms. The van der Waals surface area contributed by atoms with Crippen LogP contribution in [0.15, 0.2) is 294 Å². The summed E-state index contributed by atoms with van der Waals surface area (Å²) in [4.78, 5) is 18.4. The zero-order valence-electron chi connectivity index (χ0n) is 70.2. The van der Waals surface area contributed by atoms with E-state index in [9.17, 15) is 0 Å². The molecule has 12 nitrogen and oxygen atoms in total. The van der Waals surface area contributed by atoms with Crippen molar-refractivity contribution in [2.45, 2.75) is 45.3 Å². The van der Waals surface area contributed by atoms with E-state index in [1.165, 1.54) is 184 Å². The lowest BCUT2D eigenvalue weighted by Gasteiger charge is -2.22. The van der Waals surface area contributed by atoms with Crippen molar-refractivity contribution >= 4 is 50.6 Å². The topological polar surface area (TPSA) is 104 Å². The van der Waals surface area contributed by atoms with Gasteiger partial charge in [-0.3, -0.25) is 0 Å². The molecule has 5 aliphatic rings. The van der Waals surface area contributed by atoms with E-state index >= 15 is 105 Å². The lowest BCUT2D eigenvalue weighted by molar-refractivity contribution is -0.689. The molecule has 8 aromatic heterocycles. The third-order valence-electron chi connectivity index (χ3n) is 23.6. The highest BCUT2D eigenvalue weighted by atomic mass is 19.2. The molecule has 0 saturated carbocycles. The number of hydrogen-bond donors (Lipinski definition) is 3. The Morgan fingerprint density at radius 2 is 0.449 bits per heavy atom. The molecule has 0 amide bonds. The van der Waals surface area contributed by atoms with Crippen molar-refractivity contribution in [3.05, 3.63) is 508 Å².